The van der Waals surface area contributed by atoms with Gasteiger partial charge in [0.05, 0.1) is 11.4 Å². The third-order valence-corrected chi connectivity index (χ3v) is 4.78. The second-order valence-corrected chi connectivity index (χ2v) is 6.72. The van der Waals surface area contributed by atoms with Crippen LogP contribution in [0.25, 0.3) is 11.1 Å². The van der Waals surface area contributed by atoms with E-state index >= 15 is 0 Å². The molecule has 1 aliphatic rings. The SMILES string of the molecule is CCC1Nc2ccccc2N1c1cccc(-c2cc(N)cc(Cl)c2)c1. The topological polar surface area (TPSA) is 41.3 Å². The number of halogens is 1. The van der Waals surface area contributed by atoms with Gasteiger partial charge in [-0.25, -0.2) is 0 Å². The van der Waals surface area contributed by atoms with Gasteiger partial charge in [-0.05, 0) is 60.0 Å². The van der Waals surface area contributed by atoms with Gasteiger partial charge < -0.3 is 16.0 Å². The minimum absolute atomic E-state index is 0.247. The molecule has 0 aromatic heterocycles. The number of fused-ring (bicyclic) bond motifs is 1. The summed E-state index contributed by atoms with van der Waals surface area (Å²) in [7, 11) is 0. The first-order chi connectivity index (χ1) is 12.2. The number of nitrogen functional groups attached to an aromatic ring is 1. The van der Waals surface area contributed by atoms with Crippen molar-refractivity contribution in [3.05, 3.63) is 71.8 Å². The van der Waals surface area contributed by atoms with Crippen molar-refractivity contribution in [1.29, 1.82) is 0 Å². The maximum atomic E-state index is 6.18. The van der Waals surface area contributed by atoms with Gasteiger partial charge in [-0.3, -0.25) is 0 Å². The first kappa shape index (κ1) is 15.9. The van der Waals surface area contributed by atoms with Crippen LogP contribution < -0.4 is 16.0 Å². The lowest BCUT2D eigenvalue weighted by Crippen LogP contribution is -2.30. The molecule has 1 aliphatic heterocycles. The van der Waals surface area contributed by atoms with Gasteiger partial charge in [0.2, 0.25) is 0 Å². The molecule has 0 saturated carbocycles. The molecule has 126 valence electrons. The molecule has 0 amide bonds. The van der Waals surface area contributed by atoms with Crippen LogP contribution in [-0.2, 0) is 0 Å². The van der Waals surface area contributed by atoms with Crippen LogP contribution in [0.5, 0.6) is 0 Å². The highest BCUT2D eigenvalue weighted by Crippen LogP contribution is 2.41. The van der Waals surface area contributed by atoms with E-state index in [2.05, 4.69) is 65.7 Å². The van der Waals surface area contributed by atoms with Crippen LogP contribution in [0, 0.1) is 0 Å². The fraction of sp³-hybridized carbons (Fsp3) is 0.143. The predicted molar refractivity (Wildman–Crippen MR) is 108 cm³/mol. The van der Waals surface area contributed by atoms with E-state index in [4.69, 9.17) is 17.3 Å². The lowest BCUT2D eigenvalue weighted by atomic mass is 10.0. The van der Waals surface area contributed by atoms with Crippen molar-refractivity contribution in [3.63, 3.8) is 0 Å². The smallest absolute Gasteiger partial charge is 0.104 e. The monoisotopic (exact) mass is 349 g/mol. The lowest BCUT2D eigenvalue weighted by molar-refractivity contribution is 0.728. The Hall–Kier alpha value is -2.65. The first-order valence-electron chi connectivity index (χ1n) is 8.47. The number of nitrogens with zero attached hydrogens (tertiary/aromatic N) is 1. The van der Waals surface area contributed by atoms with E-state index in [1.165, 1.54) is 11.4 Å². The molecule has 4 rings (SSSR count). The molecule has 1 heterocycles. The average Bonchev–Trinajstić information content (AvgIpc) is 2.99. The first-order valence-corrected chi connectivity index (χ1v) is 8.85. The lowest BCUT2D eigenvalue weighted by Gasteiger charge is -2.26. The van der Waals surface area contributed by atoms with Crippen molar-refractivity contribution < 1.29 is 0 Å². The predicted octanol–water partition coefficient (Wildman–Crippen LogP) is 5.89. The molecule has 0 radical (unpaired) electrons. The second-order valence-electron chi connectivity index (χ2n) is 6.28. The zero-order chi connectivity index (χ0) is 17.4. The normalized spacial score (nSPS) is 15.8. The Bertz CT molecular complexity index is 902. The fourth-order valence-corrected chi connectivity index (χ4v) is 3.68. The minimum Gasteiger partial charge on any atom is -0.399 e. The van der Waals surface area contributed by atoms with Crippen LogP contribution in [0.4, 0.5) is 22.7 Å². The molecular weight excluding hydrogens is 330 g/mol. The molecule has 1 unspecified atom stereocenters. The van der Waals surface area contributed by atoms with Crippen molar-refractivity contribution >= 4 is 34.4 Å². The van der Waals surface area contributed by atoms with Gasteiger partial charge in [-0.15, -0.1) is 0 Å². The molecule has 25 heavy (non-hydrogen) atoms. The highest BCUT2D eigenvalue weighted by molar-refractivity contribution is 6.31. The van der Waals surface area contributed by atoms with E-state index in [-0.39, 0.29) is 6.17 Å². The van der Waals surface area contributed by atoms with Gasteiger partial charge in [0.25, 0.3) is 0 Å². The Labute approximate surface area is 153 Å². The van der Waals surface area contributed by atoms with E-state index < -0.39 is 0 Å². The van der Waals surface area contributed by atoms with E-state index in [0.717, 1.165) is 23.2 Å². The molecule has 3 nitrogen and oxygen atoms in total. The molecule has 0 fully saturated rings. The van der Waals surface area contributed by atoms with Crippen molar-refractivity contribution in [2.45, 2.75) is 19.5 Å². The number of benzene rings is 3. The zero-order valence-corrected chi connectivity index (χ0v) is 14.8. The third kappa shape index (κ3) is 2.92. The van der Waals surface area contributed by atoms with Crippen molar-refractivity contribution in [2.24, 2.45) is 0 Å². The Morgan fingerprint density at radius 2 is 1.84 bits per heavy atom. The number of nitrogens with one attached hydrogen (secondary N) is 1. The summed E-state index contributed by atoms with van der Waals surface area (Å²) in [6.45, 7) is 2.19. The number of anilines is 4. The third-order valence-electron chi connectivity index (χ3n) is 4.56. The number of hydrogen-bond acceptors (Lipinski definition) is 3. The maximum absolute atomic E-state index is 6.18. The summed E-state index contributed by atoms with van der Waals surface area (Å²) >= 11 is 6.18. The summed E-state index contributed by atoms with van der Waals surface area (Å²) in [5.41, 5.74) is 12.3. The van der Waals surface area contributed by atoms with Gasteiger partial charge in [0.15, 0.2) is 0 Å². The van der Waals surface area contributed by atoms with Crippen LogP contribution >= 0.6 is 11.6 Å². The molecule has 0 spiro atoms. The Kier molecular flexibility index (Phi) is 4.02. The van der Waals surface area contributed by atoms with Gasteiger partial charge in [0.1, 0.15) is 6.17 Å². The molecular formula is C21H20ClN3. The summed E-state index contributed by atoms with van der Waals surface area (Å²) in [6, 6.07) is 22.6. The molecule has 3 N–H and O–H groups in total. The van der Waals surface area contributed by atoms with Crippen LogP contribution in [0.15, 0.2) is 66.7 Å². The fourth-order valence-electron chi connectivity index (χ4n) is 3.44. The number of para-hydroxylation sites is 2. The molecule has 0 bridgehead atoms. The zero-order valence-electron chi connectivity index (χ0n) is 14.0. The largest absolute Gasteiger partial charge is 0.399 e. The summed E-state index contributed by atoms with van der Waals surface area (Å²) in [6.07, 6.45) is 1.25. The van der Waals surface area contributed by atoms with E-state index in [9.17, 15) is 0 Å². The van der Waals surface area contributed by atoms with Gasteiger partial charge >= 0.3 is 0 Å². The molecule has 0 aliphatic carbocycles. The van der Waals surface area contributed by atoms with Crippen LogP contribution in [0.1, 0.15) is 13.3 Å². The summed E-state index contributed by atoms with van der Waals surface area (Å²) < 4.78 is 0. The van der Waals surface area contributed by atoms with Gasteiger partial charge in [0, 0.05) is 16.4 Å². The summed E-state index contributed by atoms with van der Waals surface area (Å²) in [4.78, 5) is 2.35. The number of rotatable bonds is 3. The van der Waals surface area contributed by atoms with Crippen LogP contribution in [-0.4, -0.2) is 6.17 Å². The highest BCUT2D eigenvalue weighted by Gasteiger charge is 2.28. The maximum Gasteiger partial charge on any atom is 0.104 e. The molecule has 1 atom stereocenters. The number of nitrogens with two attached hydrogens (primary N) is 1. The van der Waals surface area contributed by atoms with E-state index in [0.29, 0.717) is 10.7 Å². The summed E-state index contributed by atoms with van der Waals surface area (Å²) in [5.74, 6) is 0. The Morgan fingerprint density at radius 3 is 2.64 bits per heavy atom. The minimum atomic E-state index is 0.247. The molecule has 3 aromatic rings. The van der Waals surface area contributed by atoms with Crippen molar-refractivity contribution in [1.82, 2.24) is 0 Å². The molecule has 0 saturated heterocycles. The Morgan fingerprint density at radius 1 is 1.00 bits per heavy atom. The standard InChI is InChI=1S/C21H20ClN3/c1-2-21-24-19-8-3-4-9-20(19)25(21)18-7-5-6-14(12-18)15-10-16(22)13-17(23)11-15/h3-13,21,24H,2,23H2,1H3. The van der Waals surface area contributed by atoms with Crippen LogP contribution in [0.2, 0.25) is 5.02 Å². The van der Waals surface area contributed by atoms with Gasteiger partial charge in [-0.2, -0.15) is 0 Å². The van der Waals surface area contributed by atoms with E-state index in [1.54, 1.807) is 6.07 Å². The number of hydrogen-bond donors (Lipinski definition) is 2. The Balaban J connectivity index is 1.79. The van der Waals surface area contributed by atoms with E-state index in [1.807, 2.05) is 12.1 Å². The quantitative estimate of drug-likeness (QED) is 0.579. The highest BCUT2D eigenvalue weighted by atomic mass is 35.5. The summed E-state index contributed by atoms with van der Waals surface area (Å²) in [5, 5.41) is 4.25. The van der Waals surface area contributed by atoms with Crippen LogP contribution in [0.3, 0.4) is 0 Å². The van der Waals surface area contributed by atoms with Crippen molar-refractivity contribution in [2.75, 3.05) is 16.0 Å². The van der Waals surface area contributed by atoms with Crippen molar-refractivity contribution in [3.8, 4) is 11.1 Å². The second kappa shape index (κ2) is 6.34. The molecule has 4 heteroatoms. The molecule has 3 aromatic carbocycles. The van der Waals surface area contributed by atoms with Gasteiger partial charge in [-0.1, -0.05) is 42.8 Å². The average molecular weight is 350 g/mol.